The third-order valence-electron chi connectivity index (χ3n) is 1.75. The SMILES string of the molecule is CCCNCCc1nnc(CC)s1. The highest BCUT2D eigenvalue weighted by Crippen LogP contribution is 2.09. The van der Waals surface area contributed by atoms with E-state index in [2.05, 4.69) is 29.4 Å². The summed E-state index contributed by atoms with van der Waals surface area (Å²) < 4.78 is 0. The molecule has 0 saturated heterocycles. The zero-order chi connectivity index (χ0) is 9.52. The molecule has 4 heteroatoms. The van der Waals surface area contributed by atoms with E-state index >= 15 is 0 Å². The van der Waals surface area contributed by atoms with Crippen molar-refractivity contribution in [2.45, 2.75) is 33.1 Å². The summed E-state index contributed by atoms with van der Waals surface area (Å²) in [6.45, 7) is 6.40. The van der Waals surface area contributed by atoms with Gasteiger partial charge in [-0.05, 0) is 19.4 Å². The second-order valence-electron chi connectivity index (χ2n) is 2.94. The van der Waals surface area contributed by atoms with Crippen molar-refractivity contribution in [3.05, 3.63) is 10.0 Å². The normalized spacial score (nSPS) is 10.6. The second kappa shape index (κ2) is 6.05. The number of aromatic nitrogens is 2. The van der Waals surface area contributed by atoms with Crippen LogP contribution in [0.2, 0.25) is 0 Å². The lowest BCUT2D eigenvalue weighted by molar-refractivity contribution is 0.667. The smallest absolute Gasteiger partial charge is 0.118 e. The Morgan fingerprint density at radius 3 is 2.54 bits per heavy atom. The van der Waals surface area contributed by atoms with Gasteiger partial charge in [-0.3, -0.25) is 0 Å². The Morgan fingerprint density at radius 1 is 1.15 bits per heavy atom. The van der Waals surface area contributed by atoms with Gasteiger partial charge < -0.3 is 5.32 Å². The summed E-state index contributed by atoms with van der Waals surface area (Å²) in [5.74, 6) is 0. The van der Waals surface area contributed by atoms with Gasteiger partial charge in [0.2, 0.25) is 0 Å². The monoisotopic (exact) mass is 199 g/mol. The third-order valence-corrected chi connectivity index (χ3v) is 2.88. The van der Waals surface area contributed by atoms with Crippen LogP contribution in [0.5, 0.6) is 0 Å². The molecule has 0 radical (unpaired) electrons. The van der Waals surface area contributed by atoms with Gasteiger partial charge in [-0.1, -0.05) is 13.8 Å². The minimum Gasteiger partial charge on any atom is -0.316 e. The molecular weight excluding hydrogens is 182 g/mol. The quantitative estimate of drug-likeness (QED) is 0.708. The standard InChI is InChI=1S/C9H17N3S/c1-3-6-10-7-5-9-12-11-8(4-2)13-9/h10H,3-7H2,1-2H3. The molecular formula is C9H17N3S. The van der Waals surface area contributed by atoms with Crippen LogP contribution in [-0.2, 0) is 12.8 Å². The van der Waals surface area contributed by atoms with Crippen molar-refractivity contribution >= 4 is 11.3 Å². The van der Waals surface area contributed by atoms with E-state index in [0.717, 1.165) is 35.9 Å². The van der Waals surface area contributed by atoms with Crippen LogP contribution < -0.4 is 5.32 Å². The summed E-state index contributed by atoms with van der Waals surface area (Å²) in [4.78, 5) is 0. The molecule has 0 unspecified atom stereocenters. The van der Waals surface area contributed by atoms with Crippen LogP contribution in [0.1, 0.15) is 30.3 Å². The molecule has 0 amide bonds. The van der Waals surface area contributed by atoms with Crippen LogP contribution in [0.25, 0.3) is 0 Å². The minimum atomic E-state index is 1.00. The average molecular weight is 199 g/mol. The fraction of sp³-hybridized carbons (Fsp3) is 0.778. The first-order valence-electron chi connectivity index (χ1n) is 4.88. The lowest BCUT2D eigenvalue weighted by atomic mass is 10.4. The van der Waals surface area contributed by atoms with Crippen LogP contribution in [0.15, 0.2) is 0 Å². The Balaban J connectivity index is 2.20. The highest BCUT2D eigenvalue weighted by atomic mass is 32.1. The van der Waals surface area contributed by atoms with Gasteiger partial charge in [0.1, 0.15) is 10.0 Å². The van der Waals surface area contributed by atoms with Gasteiger partial charge >= 0.3 is 0 Å². The molecule has 74 valence electrons. The second-order valence-corrected chi connectivity index (χ2v) is 4.09. The van der Waals surface area contributed by atoms with Crippen molar-refractivity contribution in [3.8, 4) is 0 Å². The van der Waals surface area contributed by atoms with E-state index in [1.807, 2.05) is 0 Å². The van der Waals surface area contributed by atoms with Crippen LogP contribution in [-0.4, -0.2) is 23.3 Å². The largest absolute Gasteiger partial charge is 0.316 e. The Hall–Kier alpha value is -0.480. The predicted molar refractivity (Wildman–Crippen MR) is 56.2 cm³/mol. The topological polar surface area (TPSA) is 37.8 Å². The molecule has 0 saturated carbocycles. The van der Waals surface area contributed by atoms with E-state index in [9.17, 15) is 0 Å². The van der Waals surface area contributed by atoms with E-state index < -0.39 is 0 Å². The maximum Gasteiger partial charge on any atom is 0.118 e. The van der Waals surface area contributed by atoms with Crippen molar-refractivity contribution in [1.82, 2.24) is 15.5 Å². The number of nitrogens with zero attached hydrogens (tertiary/aromatic N) is 2. The number of hydrogen-bond acceptors (Lipinski definition) is 4. The van der Waals surface area contributed by atoms with E-state index in [1.54, 1.807) is 11.3 Å². The molecule has 0 aliphatic carbocycles. The van der Waals surface area contributed by atoms with Crippen LogP contribution in [0, 0.1) is 0 Å². The van der Waals surface area contributed by atoms with Crippen LogP contribution in [0.3, 0.4) is 0 Å². The molecule has 0 atom stereocenters. The Labute approximate surface area is 83.6 Å². The molecule has 0 spiro atoms. The summed E-state index contributed by atoms with van der Waals surface area (Å²) >= 11 is 1.73. The Bertz CT molecular complexity index is 235. The summed E-state index contributed by atoms with van der Waals surface area (Å²) in [6.07, 6.45) is 3.20. The van der Waals surface area contributed by atoms with E-state index in [1.165, 1.54) is 6.42 Å². The molecule has 1 aromatic rings. The Kier molecular flexibility index (Phi) is 4.93. The fourth-order valence-corrected chi connectivity index (χ4v) is 1.81. The molecule has 1 heterocycles. The first-order chi connectivity index (χ1) is 6.36. The highest BCUT2D eigenvalue weighted by Gasteiger charge is 2.00. The van der Waals surface area contributed by atoms with Gasteiger partial charge in [-0.15, -0.1) is 21.5 Å². The number of nitrogens with one attached hydrogen (secondary N) is 1. The number of rotatable bonds is 6. The maximum absolute atomic E-state index is 4.11. The molecule has 0 aliphatic rings. The van der Waals surface area contributed by atoms with Crippen molar-refractivity contribution in [2.75, 3.05) is 13.1 Å². The third kappa shape index (κ3) is 3.83. The summed E-state index contributed by atoms with van der Waals surface area (Å²) in [6, 6.07) is 0. The van der Waals surface area contributed by atoms with Gasteiger partial charge in [-0.2, -0.15) is 0 Å². The van der Waals surface area contributed by atoms with Gasteiger partial charge in [0.15, 0.2) is 0 Å². The zero-order valence-corrected chi connectivity index (χ0v) is 9.15. The number of aryl methyl sites for hydroxylation is 1. The molecule has 1 aromatic heterocycles. The molecule has 0 fully saturated rings. The van der Waals surface area contributed by atoms with Gasteiger partial charge in [-0.25, -0.2) is 0 Å². The van der Waals surface area contributed by atoms with Gasteiger partial charge in [0.05, 0.1) is 0 Å². The maximum atomic E-state index is 4.11. The van der Waals surface area contributed by atoms with Crippen LogP contribution in [0.4, 0.5) is 0 Å². The van der Waals surface area contributed by atoms with E-state index in [4.69, 9.17) is 0 Å². The van der Waals surface area contributed by atoms with Crippen molar-refractivity contribution < 1.29 is 0 Å². The van der Waals surface area contributed by atoms with Crippen molar-refractivity contribution in [1.29, 1.82) is 0 Å². The molecule has 13 heavy (non-hydrogen) atoms. The number of hydrogen-bond donors (Lipinski definition) is 1. The lowest BCUT2D eigenvalue weighted by Gasteiger charge is -1.98. The zero-order valence-electron chi connectivity index (χ0n) is 8.34. The van der Waals surface area contributed by atoms with Crippen LogP contribution >= 0.6 is 11.3 Å². The Morgan fingerprint density at radius 2 is 1.92 bits per heavy atom. The highest BCUT2D eigenvalue weighted by molar-refractivity contribution is 7.11. The first kappa shape index (κ1) is 10.6. The minimum absolute atomic E-state index is 1.00. The molecule has 1 N–H and O–H groups in total. The predicted octanol–water partition coefficient (Wildman–Crippen LogP) is 1.64. The molecule has 0 bridgehead atoms. The van der Waals surface area contributed by atoms with E-state index in [-0.39, 0.29) is 0 Å². The van der Waals surface area contributed by atoms with Gasteiger partial charge in [0.25, 0.3) is 0 Å². The van der Waals surface area contributed by atoms with E-state index in [0.29, 0.717) is 0 Å². The summed E-state index contributed by atoms with van der Waals surface area (Å²) in [5.41, 5.74) is 0. The molecule has 0 aromatic carbocycles. The average Bonchev–Trinajstić information content (AvgIpc) is 2.60. The molecule has 0 aliphatic heterocycles. The summed E-state index contributed by atoms with van der Waals surface area (Å²) in [5, 5.41) is 13.8. The van der Waals surface area contributed by atoms with Gasteiger partial charge in [0, 0.05) is 13.0 Å². The lowest BCUT2D eigenvalue weighted by Crippen LogP contribution is -2.17. The summed E-state index contributed by atoms with van der Waals surface area (Å²) in [7, 11) is 0. The fourth-order valence-electron chi connectivity index (χ4n) is 1.03. The first-order valence-corrected chi connectivity index (χ1v) is 5.70. The van der Waals surface area contributed by atoms with Crippen molar-refractivity contribution in [3.63, 3.8) is 0 Å². The molecule has 1 rings (SSSR count). The molecule has 3 nitrogen and oxygen atoms in total. The van der Waals surface area contributed by atoms with Crippen molar-refractivity contribution in [2.24, 2.45) is 0 Å².